The van der Waals surface area contributed by atoms with E-state index >= 15 is 0 Å². The molecule has 0 unspecified atom stereocenters. The van der Waals surface area contributed by atoms with E-state index < -0.39 is 41.7 Å². The van der Waals surface area contributed by atoms with Gasteiger partial charge in [-0.15, -0.1) is 11.8 Å². The van der Waals surface area contributed by atoms with Crippen molar-refractivity contribution in [2.45, 2.75) is 36.7 Å². The number of azide groups is 1. The van der Waals surface area contributed by atoms with Crippen LogP contribution in [-0.4, -0.2) is 47.5 Å². The highest BCUT2D eigenvalue weighted by Gasteiger charge is 2.53. The monoisotopic (exact) mass is 349 g/mol. The highest BCUT2D eigenvalue weighted by Crippen LogP contribution is 2.41. The number of nitrogens with zero attached hydrogens (tertiary/aromatic N) is 3. The molecule has 0 amide bonds. The second kappa shape index (κ2) is 7.12. The molecule has 0 aliphatic carbocycles. The third-order valence-electron chi connectivity index (χ3n) is 3.78. The first kappa shape index (κ1) is 16.6. The van der Waals surface area contributed by atoms with Gasteiger partial charge in [-0.2, -0.15) is 0 Å². The summed E-state index contributed by atoms with van der Waals surface area (Å²) in [4.78, 5) is 26.5. The van der Waals surface area contributed by atoms with Gasteiger partial charge in [0.15, 0.2) is 0 Å². The van der Waals surface area contributed by atoms with E-state index in [-0.39, 0.29) is 0 Å². The average molecular weight is 349 g/mol. The fourth-order valence-electron chi connectivity index (χ4n) is 2.77. The van der Waals surface area contributed by atoms with Crippen molar-refractivity contribution in [2.24, 2.45) is 5.11 Å². The second-order valence-electron chi connectivity index (χ2n) is 5.38. The minimum Gasteiger partial charge on any atom is -0.458 e. The van der Waals surface area contributed by atoms with E-state index in [0.29, 0.717) is 11.3 Å². The number of thioether (sulfide) groups is 1. The molecule has 8 nitrogen and oxygen atoms in total. The van der Waals surface area contributed by atoms with Crippen LogP contribution in [-0.2, 0) is 19.0 Å². The predicted octanol–water partition coefficient (Wildman–Crippen LogP) is 2.29. The summed E-state index contributed by atoms with van der Waals surface area (Å²) < 4.78 is 16.6. The van der Waals surface area contributed by atoms with Gasteiger partial charge in [-0.05, 0) is 17.7 Å². The summed E-state index contributed by atoms with van der Waals surface area (Å²) >= 11 is 1.45. The van der Waals surface area contributed by atoms with Crippen LogP contribution in [0.15, 0.2) is 35.4 Å². The zero-order valence-electron chi connectivity index (χ0n) is 12.8. The largest absolute Gasteiger partial charge is 0.458 e. The van der Waals surface area contributed by atoms with Gasteiger partial charge in [0.2, 0.25) is 0 Å². The van der Waals surface area contributed by atoms with Gasteiger partial charge in [0.05, 0.1) is 5.56 Å². The summed E-state index contributed by atoms with van der Waals surface area (Å²) in [7, 11) is 0. The third-order valence-corrected chi connectivity index (χ3v) is 5.01. The Morgan fingerprint density at radius 3 is 2.71 bits per heavy atom. The summed E-state index contributed by atoms with van der Waals surface area (Å²) in [6.07, 6.45) is -2.02. The Bertz CT molecular complexity index is 679. The molecular weight excluding hydrogens is 334 g/mol. The van der Waals surface area contributed by atoms with Crippen LogP contribution in [0.1, 0.15) is 17.3 Å². The van der Waals surface area contributed by atoms with E-state index in [1.807, 2.05) is 0 Å². The number of hydrogen-bond donors (Lipinski definition) is 0. The third kappa shape index (κ3) is 3.33. The number of carbonyl (C=O) groups excluding carboxylic acids is 2. The van der Waals surface area contributed by atoms with Crippen molar-refractivity contribution in [3.8, 4) is 0 Å². The SMILES string of the molecule is CC(=O)O[C@H]1[C@H](N=[N+]=[N-])[C@H](OC(=O)c2ccccc2)[C@H]2CS[C@@H]1O2. The minimum atomic E-state index is -0.828. The Morgan fingerprint density at radius 1 is 1.29 bits per heavy atom. The quantitative estimate of drug-likeness (QED) is 0.357. The zero-order chi connectivity index (χ0) is 17.1. The lowest BCUT2D eigenvalue weighted by molar-refractivity contribution is -0.172. The van der Waals surface area contributed by atoms with E-state index in [9.17, 15) is 9.59 Å². The number of benzene rings is 1. The van der Waals surface area contributed by atoms with Crippen LogP contribution < -0.4 is 0 Å². The van der Waals surface area contributed by atoms with Crippen molar-refractivity contribution in [3.05, 3.63) is 46.3 Å². The standard InChI is InChI=1S/C15H15N3O5S/c1-8(19)21-13-11(17-18-16)12(10-7-24-15(13)22-10)23-14(20)9-5-3-2-4-6-9/h2-6,10-13,15H,7H2,1H3/t10-,11-,12-,13+,15+/m1/s1. The van der Waals surface area contributed by atoms with E-state index in [2.05, 4.69) is 10.0 Å². The van der Waals surface area contributed by atoms with E-state index in [0.717, 1.165) is 0 Å². The molecule has 3 rings (SSSR count). The number of esters is 2. The molecule has 0 N–H and O–H groups in total. The smallest absolute Gasteiger partial charge is 0.338 e. The highest BCUT2D eigenvalue weighted by molar-refractivity contribution is 8.00. The second-order valence-corrected chi connectivity index (χ2v) is 6.51. The lowest BCUT2D eigenvalue weighted by atomic mass is 9.98. The van der Waals surface area contributed by atoms with Crippen LogP contribution in [0.2, 0.25) is 0 Å². The van der Waals surface area contributed by atoms with Gasteiger partial charge in [-0.3, -0.25) is 4.79 Å². The normalized spacial score (nSPS) is 31.0. The molecule has 2 saturated heterocycles. The van der Waals surface area contributed by atoms with E-state index in [1.54, 1.807) is 30.3 Å². The molecule has 2 heterocycles. The van der Waals surface area contributed by atoms with Crippen molar-refractivity contribution in [2.75, 3.05) is 5.75 Å². The molecule has 24 heavy (non-hydrogen) atoms. The van der Waals surface area contributed by atoms with Crippen molar-refractivity contribution in [1.82, 2.24) is 0 Å². The lowest BCUT2D eigenvalue weighted by Crippen LogP contribution is -2.55. The maximum Gasteiger partial charge on any atom is 0.338 e. The fourth-order valence-corrected chi connectivity index (χ4v) is 4.05. The van der Waals surface area contributed by atoms with Crippen LogP contribution in [0.3, 0.4) is 0 Å². The summed E-state index contributed by atoms with van der Waals surface area (Å²) in [5.41, 5.74) is 8.82. The van der Waals surface area contributed by atoms with Gasteiger partial charge in [-0.1, -0.05) is 23.3 Å². The number of fused-ring (bicyclic) bond motifs is 2. The molecule has 2 aliphatic rings. The first-order valence-corrected chi connectivity index (χ1v) is 8.39. The maximum absolute atomic E-state index is 12.3. The number of carbonyl (C=O) groups is 2. The number of ether oxygens (including phenoxy) is 3. The van der Waals surface area contributed by atoms with Gasteiger partial charge in [0.1, 0.15) is 29.8 Å². The van der Waals surface area contributed by atoms with Crippen LogP contribution in [0, 0.1) is 0 Å². The molecule has 0 aromatic heterocycles. The molecule has 2 bridgehead atoms. The molecule has 0 saturated carbocycles. The first-order valence-electron chi connectivity index (χ1n) is 7.34. The zero-order valence-corrected chi connectivity index (χ0v) is 13.6. The molecular formula is C15H15N3O5S. The van der Waals surface area contributed by atoms with Crippen molar-refractivity contribution >= 4 is 23.7 Å². The average Bonchev–Trinajstić information content (AvgIpc) is 3.01. The molecule has 0 radical (unpaired) electrons. The first-order chi connectivity index (χ1) is 11.6. The number of rotatable bonds is 4. The topological polar surface area (TPSA) is 111 Å². The summed E-state index contributed by atoms with van der Waals surface area (Å²) in [5.74, 6) is -0.493. The summed E-state index contributed by atoms with van der Waals surface area (Å²) in [6, 6.07) is 7.67. The summed E-state index contributed by atoms with van der Waals surface area (Å²) in [5, 5.41) is 3.72. The minimum absolute atomic E-state index is 0.383. The molecule has 9 heteroatoms. The van der Waals surface area contributed by atoms with Gasteiger partial charge >= 0.3 is 11.9 Å². The van der Waals surface area contributed by atoms with Crippen LogP contribution in [0.5, 0.6) is 0 Å². The lowest BCUT2D eigenvalue weighted by Gasteiger charge is -2.38. The molecule has 2 fully saturated rings. The van der Waals surface area contributed by atoms with Gasteiger partial charge in [0, 0.05) is 17.6 Å². The van der Waals surface area contributed by atoms with Crippen LogP contribution in [0.4, 0.5) is 0 Å². The molecule has 1 aromatic rings. The summed E-state index contributed by atoms with van der Waals surface area (Å²) in [6.45, 7) is 1.27. The number of hydrogen-bond acceptors (Lipinski definition) is 7. The molecule has 126 valence electrons. The van der Waals surface area contributed by atoms with E-state index in [4.69, 9.17) is 19.7 Å². The van der Waals surface area contributed by atoms with Crippen molar-refractivity contribution in [1.29, 1.82) is 0 Å². The Kier molecular flexibility index (Phi) is 4.94. The molecule has 1 aromatic carbocycles. The predicted molar refractivity (Wildman–Crippen MR) is 85.3 cm³/mol. The highest BCUT2D eigenvalue weighted by atomic mass is 32.2. The van der Waals surface area contributed by atoms with Crippen molar-refractivity contribution in [3.63, 3.8) is 0 Å². The van der Waals surface area contributed by atoms with Gasteiger partial charge in [-0.25, -0.2) is 4.79 Å². The molecule has 2 aliphatic heterocycles. The Hall–Kier alpha value is -2.22. The fraction of sp³-hybridized carbons (Fsp3) is 0.467. The Balaban J connectivity index is 1.84. The van der Waals surface area contributed by atoms with Gasteiger partial charge in [0.25, 0.3) is 0 Å². The maximum atomic E-state index is 12.3. The Morgan fingerprint density at radius 2 is 2.04 bits per heavy atom. The van der Waals surface area contributed by atoms with E-state index in [1.165, 1.54) is 18.7 Å². The molecule has 0 spiro atoms. The Labute approximate surface area is 142 Å². The van der Waals surface area contributed by atoms with Gasteiger partial charge < -0.3 is 14.2 Å². The van der Waals surface area contributed by atoms with Crippen molar-refractivity contribution < 1.29 is 23.8 Å². The van der Waals surface area contributed by atoms with Crippen LogP contribution in [0.25, 0.3) is 10.4 Å². The van der Waals surface area contributed by atoms with Crippen LogP contribution >= 0.6 is 11.8 Å². The molecule has 5 atom stereocenters.